The molecule has 83 valence electrons. The van der Waals surface area contributed by atoms with E-state index in [1.54, 1.807) is 0 Å². The van der Waals surface area contributed by atoms with Crippen LogP contribution in [0.5, 0.6) is 0 Å². The molecule has 0 unspecified atom stereocenters. The highest BCUT2D eigenvalue weighted by Gasteiger charge is 2.12. The molecule has 0 aromatic heterocycles. The van der Waals surface area contributed by atoms with Crippen LogP contribution in [0.25, 0.3) is 0 Å². The maximum Gasteiger partial charge on any atom is -0.0386 e. The van der Waals surface area contributed by atoms with Crippen molar-refractivity contribution in [1.29, 1.82) is 0 Å². The van der Waals surface area contributed by atoms with Crippen molar-refractivity contribution in [2.24, 2.45) is 5.92 Å². The summed E-state index contributed by atoms with van der Waals surface area (Å²) in [6.45, 7) is 2.27. The molecule has 0 heteroatoms. The van der Waals surface area contributed by atoms with Crippen molar-refractivity contribution in [2.45, 2.75) is 77.6 Å². The minimum absolute atomic E-state index is 1.09. The summed E-state index contributed by atoms with van der Waals surface area (Å²) in [5, 5.41) is 0. The molecule has 1 aliphatic carbocycles. The van der Waals surface area contributed by atoms with Crippen molar-refractivity contribution in [3.63, 3.8) is 0 Å². The molecule has 1 rings (SSSR count). The van der Waals surface area contributed by atoms with Gasteiger partial charge in [-0.3, -0.25) is 0 Å². The van der Waals surface area contributed by atoms with Crippen LogP contribution in [0.1, 0.15) is 77.6 Å². The van der Waals surface area contributed by atoms with E-state index in [1.165, 1.54) is 70.6 Å². The van der Waals surface area contributed by atoms with Gasteiger partial charge in [-0.05, 0) is 12.3 Å². The molecule has 1 saturated carbocycles. The van der Waals surface area contributed by atoms with Gasteiger partial charge in [0.15, 0.2) is 0 Å². The summed E-state index contributed by atoms with van der Waals surface area (Å²) in [7, 11) is 0. The van der Waals surface area contributed by atoms with E-state index >= 15 is 0 Å². The summed E-state index contributed by atoms with van der Waals surface area (Å²) in [6.07, 6.45) is 18.5. The van der Waals surface area contributed by atoms with E-state index < -0.39 is 0 Å². The summed E-state index contributed by atoms with van der Waals surface area (Å²) in [5.74, 6) is 1.09. The Morgan fingerprint density at radius 3 is 2.43 bits per heavy atom. The maximum absolute atomic E-state index is 2.51. The summed E-state index contributed by atoms with van der Waals surface area (Å²) < 4.78 is 0. The van der Waals surface area contributed by atoms with Crippen molar-refractivity contribution in [3.05, 3.63) is 6.42 Å². The second-order valence-electron chi connectivity index (χ2n) is 4.87. The van der Waals surface area contributed by atoms with E-state index in [1.807, 2.05) is 0 Å². The fourth-order valence-corrected chi connectivity index (χ4v) is 2.52. The molecular weight excluding hydrogens is 168 g/mol. The fraction of sp³-hybridized carbons (Fsp3) is 0.929. The Labute approximate surface area is 90.5 Å². The van der Waals surface area contributed by atoms with E-state index in [4.69, 9.17) is 0 Å². The van der Waals surface area contributed by atoms with Gasteiger partial charge in [0.1, 0.15) is 0 Å². The minimum atomic E-state index is 1.09. The maximum atomic E-state index is 2.51. The van der Waals surface area contributed by atoms with E-state index in [9.17, 15) is 0 Å². The number of hydrogen-bond donors (Lipinski definition) is 0. The predicted molar refractivity (Wildman–Crippen MR) is 64.3 cm³/mol. The van der Waals surface area contributed by atoms with E-state index in [2.05, 4.69) is 13.3 Å². The molecule has 0 spiro atoms. The van der Waals surface area contributed by atoms with E-state index in [0.29, 0.717) is 0 Å². The van der Waals surface area contributed by atoms with Crippen LogP contribution in [0.3, 0.4) is 0 Å². The zero-order valence-electron chi connectivity index (χ0n) is 9.93. The van der Waals surface area contributed by atoms with Crippen molar-refractivity contribution in [3.8, 4) is 0 Å². The summed E-state index contributed by atoms with van der Waals surface area (Å²) in [5.41, 5.74) is 0. The average Bonchev–Trinajstić information content (AvgIpc) is 2.25. The molecule has 1 aliphatic rings. The summed E-state index contributed by atoms with van der Waals surface area (Å²) >= 11 is 0. The molecule has 0 N–H and O–H groups in total. The number of rotatable bonds is 7. The van der Waals surface area contributed by atoms with Crippen LogP contribution in [0.15, 0.2) is 0 Å². The molecule has 1 fully saturated rings. The first-order chi connectivity index (χ1) is 6.93. The molecule has 0 saturated heterocycles. The van der Waals surface area contributed by atoms with Gasteiger partial charge in [0.2, 0.25) is 0 Å². The highest BCUT2D eigenvalue weighted by atomic mass is 14.2. The zero-order chi connectivity index (χ0) is 10.1. The molecule has 0 aromatic rings. The quantitative estimate of drug-likeness (QED) is 0.494. The Bertz CT molecular complexity index is 111. The van der Waals surface area contributed by atoms with Gasteiger partial charge < -0.3 is 0 Å². The molecule has 1 radical (unpaired) electrons. The van der Waals surface area contributed by atoms with Crippen LogP contribution in [0.4, 0.5) is 0 Å². The first-order valence-electron chi connectivity index (χ1n) is 6.75. The second-order valence-corrected chi connectivity index (χ2v) is 4.87. The minimum Gasteiger partial charge on any atom is -0.0654 e. The van der Waals surface area contributed by atoms with Gasteiger partial charge in [-0.2, -0.15) is 0 Å². The lowest BCUT2D eigenvalue weighted by Gasteiger charge is -2.21. The fourth-order valence-electron chi connectivity index (χ4n) is 2.52. The van der Waals surface area contributed by atoms with E-state index in [-0.39, 0.29) is 0 Å². The first-order valence-corrected chi connectivity index (χ1v) is 6.75. The van der Waals surface area contributed by atoms with Crippen molar-refractivity contribution in [1.82, 2.24) is 0 Å². The Balaban J connectivity index is 1.82. The lowest BCUT2D eigenvalue weighted by molar-refractivity contribution is 0.332. The molecule has 0 heterocycles. The van der Waals surface area contributed by atoms with Crippen LogP contribution in [0.2, 0.25) is 0 Å². The van der Waals surface area contributed by atoms with Gasteiger partial charge in [0.05, 0.1) is 0 Å². The Morgan fingerprint density at radius 1 is 1.00 bits per heavy atom. The molecular formula is C14H27. The smallest absolute Gasteiger partial charge is 0.0386 e. The van der Waals surface area contributed by atoms with Crippen LogP contribution < -0.4 is 0 Å². The Morgan fingerprint density at radius 2 is 1.71 bits per heavy atom. The summed E-state index contributed by atoms with van der Waals surface area (Å²) in [6, 6.07) is 0. The number of hydrogen-bond acceptors (Lipinski definition) is 0. The number of unbranched alkanes of at least 4 members (excludes halogenated alkanes) is 5. The van der Waals surface area contributed by atoms with Crippen LogP contribution in [-0.2, 0) is 0 Å². The van der Waals surface area contributed by atoms with Crippen LogP contribution in [0, 0.1) is 12.3 Å². The highest BCUT2D eigenvalue weighted by molar-refractivity contribution is 4.69. The van der Waals surface area contributed by atoms with Crippen LogP contribution in [-0.4, -0.2) is 0 Å². The molecule has 0 aromatic carbocycles. The lowest BCUT2D eigenvalue weighted by atomic mass is 9.85. The topological polar surface area (TPSA) is 0 Å². The van der Waals surface area contributed by atoms with Gasteiger partial charge >= 0.3 is 0 Å². The van der Waals surface area contributed by atoms with E-state index in [0.717, 1.165) is 5.92 Å². The normalized spacial score (nSPS) is 18.6. The second kappa shape index (κ2) is 8.32. The molecule has 0 atom stereocenters. The van der Waals surface area contributed by atoms with Gasteiger partial charge in [-0.25, -0.2) is 0 Å². The lowest BCUT2D eigenvalue weighted by Crippen LogP contribution is -2.05. The Hall–Kier alpha value is 0. The monoisotopic (exact) mass is 195 g/mol. The molecule has 0 aliphatic heterocycles. The average molecular weight is 195 g/mol. The molecule has 0 amide bonds. The Kier molecular flexibility index (Phi) is 7.17. The van der Waals surface area contributed by atoms with Crippen molar-refractivity contribution >= 4 is 0 Å². The van der Waals surface area contributed by atoms with Gasteiger partial charge in [-0.15, -0.1) is 0 Å². The van der Waals surface area contributed by atoms with Gasteiger partial charge in [-0.1, -0.05) is 77.6 Å². The van der Waals surface area contributed by atoms with Crippen molar-refractivity contribution in [2.75, 3.05) is 0 Å². The zero-order valence-corrected chi connectivity index (χ0v) is 9.93. The third-order valence-corrected chi connectivity index (χ3v) is 3.51. The van der Waals surface area contributed by atoms with Gasteiger partial charge in [0, 0.05) is 0 Å². The largest absolute Gasteiger partial charge is 0.0654 e. The standard InChI is InChI=1S/C14H27/c1-2-3-4-5-6-8-11-14-12-9-7-10-13-14/h5,14H,2-4,6-13H2,1H3. The third kappa shape index (κ3) is 5.67. The predicted octanol–water partition coefficient (Wildman–Crippen LogP) is 5.13. The molecule has 0 bridgehead atoms. The van der Waals surface area contributed by atoms with Crippen LogP contribution >= 0.6 is 0 Å². The van der Waals surface area contributed by atoms with Gasteiger partial charge in [0.25, 0.3) is 0 Å². The molecule has 0 nitrogen and oxygen atoms in total. The van der Waals surface area contributed by atoms with Crippen molar-refractivity contribution < 1.29 is 0 Å². The molecule has 14 heavy (non-hydrogen) atoms. The first kappa shape index (κ1) is 12.1. The highest BCUT2D eigenvalue weighted by Crippen LogP contribution is 2.27. The summed E-state index contributed by atoms with van der Waals surface area (Å²) in [4.78, 5) is 0. The SMILES string of the molecule is CCCC[CH]CCCC1CCCCC1. The third-order valence-electron chi connectivity index (χ3n) is 3.51.